The van der Waals surface area contributed by atoms with Crippen LogP contribution in [0.25, 0.3) is 0 Å². The lowest BCUT2D eigenvalue weighted by molar-refractivity contribution is -0.131. The number of carbonyl (C=O) groups is 2. The van der Waals surface area contributed by atoms with Crippen molar-refractivity contribution in [2.45, 2.75) is 37.2 Å². The van der Waals surface area contributed by atoms with Crippen LogP contribution >= 0.6 is 0 Å². The molecular weight excluding hydrogens is 430 g/mol. The summed E-state index contributed by atoms with van der Waals surface area (Å²) in [7, 11) is -2.20. The fourth-order valence-electron chi connectivity index (χ4n) is 3.61. The van der Waals surface area contributed by atoms with E-state index in [1.807, 2.05) is 30.3 Å². The molecule has 2 aromatic rings. The average Bonchev–Trinajstić information content (AvgIpc) is 2.83. The van der Waals surface area contributed by atoms with E-state index in [0.717, 1.165) is 5.56 Å². The monoisotopic (exact) mass is 459 g/mol. The van der Waals surface area contributed by atoms with Gasteiger partial charge in [-0.1, -0.05) is 30.3 Å². The van der Waals surface area contributed by atoms with Crippen molar-refractivity contribution in [3.8, 4) is 5.75 Å². The van der Waals surface area contributed by atoms with E-state index in [2.05, 4.69) is 10.6 Å². The molecule has 0 bridgehead atoms. The Morgan fingerprint density at radius 1 is 1.12 bits per heavy atom. The molecule has 1 aliphatic rings. The Hall–Kier alpha value is -2.91. The molecule has 172 valence electrons. The van der Waals surface area contributed by atoms with E-state index >= 15 is 0 Å². The van der Waals surface area contributed by atoms with Gasteiger partial charge in [-0.15, -0.1) is 0 Å². The Bertz CT molecular complexity index is 1030. The minimum Gasteiger partial charge on any atom is -0.497 e. The van der Waals surface area contributed by atoms with Gasteiger partial charge in [0.25, 0.3) is 0 Å². The summed E-state index contributed by atoms with van der Waals surface area (Å²) in [6.07, 6.45) is 1.14. The molecule has 0 spiro atoms. The van der Waals surface area contributed by atoms with Crippen LogP contribution in [0.5, 0.6) is 5.75 Å². The van der Waals surface area contributed by atoms with E-state index in [-0.39, 0.29) is 23.3 Å². The Labute approximate surface area is 189 Å². The number of ether oxygens (including phenoxy) is 1. The van der Waals surface area contributed by atoms with Crippen molar-refractivity contribution in [2.75, 3.05) is 20.2 Å². The first-order chi connectivity index (χ1) is 15.3. The van der Waals surface area contributed by atoms with Crippen LogP contribution in [0.1, 0.15) is 25.3 Å². The molecule has 8 nitrogen and oxygen atoms in total. The molecule has 2 N–H and O–H groups in total. The number of sulfonamides is 1. The van der Waals surface area contributed by atoms with Gasteiger partial charge in [-0.2, -0.15) is 4.31 Å². The van der Waals surface area contributed by atoms with Gasteiger partial charge in [0.05, 0.1) is 17.9 Å². The zero-order valence-corrected chi connectivity index (χ0v) is 19.1. The van der Waals surface area contributed by atoms with E-state index in [0.29, 0.717) is 31.7 Å². The van der Waals surface area contributed by atoms with Crippen molar-refractivity contribution in [1.82, 2.24) is 14.9 Å². The van der Waals surface area contributed by atoms with Crippen LogP contribution in [-0.2, 0) is 26.2 Å². The molecule has 32 heavy (non-hydrogen) atoms. The predicted octanol–water partition coefficient (Wildman–Crippen LogP) is 1.92. The maximum Gasteiger partial charge on any atom is 0.243 e. The summed E-state index contributed by atoms with van der Waals surface area (Å²) in [5.74, 6) is -0.553. The van der Waals surface area contributed by atoms with E-state index in [1.165, 1.54) is 23.5 Å². The van der Waals surface area contributed by atoms with Gasteiger partial charge in [0, 0.05) is 19.6 Å². The van der Waals surface area contributed by atoms with Crippen molar-refractivity contribution < 1.29 is 22.7 Å². The number of nitrogens with zero attached hydrogens (tertiary/aromatic N) is 1. The average molecular weight is 460 g/mol. The van der Waals surface area contributed by atoms with Gasteiger partial charge in [-0.25, -0.2) is 8.42 Å². The molecule has 9 heteroatoms. The lowest BCUT2D eigenvalue weighted by Gasteiger charge is -2.31. The van der Waals surface area contributed by atoms with Gasteiger partial charge in [0.1, 0.15) is 11.8 Å². The zero-order chi connectivity index (χ0) is 23.1. The van der Waals surface area contributed by atoms with Crippen molar-refractivity contribution in [1.29, 1.82) is 0 Å². The molecule has 1 saturated heterocycles. The molecule has 1 fully saturated rings. The third-order valence-corrected chi connectivity index (χ3v) is 7.39. The molecule has 1 aliphatic heterocycles. The van der Waals surface area contributed by atoms with E-state index < -0.39 is 22.0 Å². The molecule has 1 unspecified atom stereocenters. The summed E-state index contributed by atoms with van der Waals surface area (Å²) in [4.78, 5) is 25.3. The van der Waals surface area contributed by atoms with Crippen LogP contribution in [0.4, 0.5) is 0 Å². The van der Waals surface area contributed by atoms with Crippen LogP contribution in [0, 0.1) is 5.92 Å². The molecule has 2 atom stereocenters. The Morgan fingerprint density at radius 3 is 2.47 bits per heavy atom. The number of nitrogens with one attached hydrogen (secondary N) is 2. The highest BCUT2D eigenvalue weighted by Gasteiger charge is 2.34. The highest BCUT2D eigenvalue weighted by atomic mass is 32.2. The first kappa shape index (κ1) is 23.7. The van der Waals surface area contributed by atoms with Crippen LogP contribution in [-0.4, -0.2) is 50.8 Å². The maximum atomic E-state index is 13.0. The van der Waals surface area contributed by atoms with Crippen LogP contribution in [0.15, 0.2) is 59.5 Å². The molecule has 2 amide bonds. The quantitative estimate of drug-likeness (QED) is 0.628. The minimum atomic E-state index is -3.72. The minimum absolute atomic E-state index is 0.0819. The summed E-state index contributed by atoms with van der Waals surface area (Å²) in [6.45, 7) is 2.42. The second-order valence-electron chi connectivity index (χ2n) is 7.81. The van der Waals surface area contributed by atoms with Crippen molar-refractivity contribution in [2.24, 2.45) is 5.92 Å². The van der Waals surface area contributed by atoms with Crippen LogP contribution in [0.3, 0.4) is 0 Å². The van der Waals surface area contributed by atoms with E-state index in [4.69, 9.17) is 4.74 Å². The molecule has 0 saturated carbocycles. The van der Waals surface area contributed by atoms with Gasteiger partial charge >= 0.3 is 0 Å². The number of piperidine rings is 1. The molecule has 0 aromatic heterocycles. The highest BCUT2D eigenvalue weighted by molar-refractivity contribution is 7.89. The lowest BCUT2D eigenvalue weighted by Crippen LogP contribution is -2.50. The van der Waals surface area contributed by atoms with Gasteiger partial charge in [0.2, 0.25) is 21.8 Å². The lowest BCUT2D eigenvalue weighted by atomic mass is 9.98. The second kappa shape index (κ2) is 10.6. The normalized spacial score (nSPS) is 17.9. The van der Waals surface area contributed by atoms with Gasteiger partial charge in [-0.05, 0) is 49.6 Å². The standard InChI is InChI=1S/C23H29N3O5S/c1-17(22(27)24-15-18-7-4-3-5-8-18)25-23(28)19-9-6-14-26(16-19)32(29,30)21-12-10-20(31-2)11-13-21/h3-5,7-8,10-13,17,19H,6,9,14-16H2,1-2H3,(H,24,27)(H,25,28)/t17-,19?/m0/s1. The topological polar surface area (TPSA) is 105 Å². The summed E-state index contributed by atoms with van der Waals surface area (Å²) in [5, 5.41) is 5.52. The number of hydrogen-bond donors (Lipinski definition) is 2. The second-order valence-corrected chi connectivity index (χ2v) is 9.75. The number of benzene rings is 2. The van der Waals surface area contributed by atoms with E-state index in [1.54, 1.807) is 19.1 Å². The van der Waals surface area contributed by atoms with Crippen LogP contribution < -0.4 is 15.4 Å². The molecule has 3 rings (SSSR count). The first-order valence-electron chi connectivity index (χ1n) is 10.6. The van der Waals surface area contributed by atoms with Crippen LogP contribution in [0.2, 0.25) is 0 Å². The highest BCUT2D eigenvalue weighted by Crippen LogP contribution is 2.25. The molecule has 0 aliphatic carbocycles. The van der Waals surface area contributed by atoms with Gasteiger partial charge in [0.15, 0.2) is 0 Å². The summed E-state index contributed by atoms with van der Waals surface area (Å²) >= 11 is 0. The summed E-state index contributed by atoms with van der Waals surface area (Å²) in [6, 6.07) is 15.0. The smallest absolute Gasteiger partial charge is 0.243 e. The third kappa shape index (κ3) is 5.86. The molecular formula is C23H29N3O5S. The van der Waals surface area contributed by atoms with Gasteiger partial charge in [-0.3, -0.25) is 9.59 Å². The molecule has 2 aromatic carbocycles. The van der Waals surface area contributed by atoms with Gasteiger partial charge < -0.3 is 15.4 Å². The summed E-state index contributed by atoms with van der Waals surface area (Å²) in [5.41, 5.74) is 0.964. The number of methoxy groups -OCH3 is 1. The predicted molar refractivity (Wildman–Crippen MR) is 120 cm³/mol. The fraction of sp³-hybridized carbons (Fsp3) is 0.391. The van der Waals surface area contributed by atoms with Crippen molar-refractivity contribution >= 4 is 21.8 Å². The largest absolute Gasteiger partial charge is 0.497 e. The van der Waals surface area contributed by atoms with E-state index in [9.17, 15) is 18.0 Å². The summed E-state index contributed by atoms with van der Waals surface area (Å²) < 4.78 is 32.4. The first-order valence-corrected chi connectivity index (χ1v) is 12.0. The Balaban J connectivity index is 1.56. The van der Waals surface area contributed by atoms with Crippen molar-refractivity contribution in [3.63, 3.8) is 0 Å². The molecule has 1 heterocycles. The third-order valence-electron chi connectivity index (χ3n) is 5.51. The number of amides is 2. The number of carbonyl (C=O) groups excluding carboxylic acids is 2. The Kier molecular flexibility index (Phi) is 7.87. The SMILES string of the molecule is COc1ccc(S(=O)(=O)N2CCCC(C(=O)N[C@@H](C)C(=O)NCc3ccccc3)C2)cc1. The number of hydrogen-bond acceptors (Lipinski definition) is 5. The number of rotatable bonds is 8. The molecule has 0 radical (unpaired) electrons. The zero-order valence-electron chi connectivity index (χ0n) is 18.3. The fourth-order valence-corrected chi connectivity index (χ4v) is 5.13. The van der Waals surface area contributed by atoms with Crippen molar-refractivity contribution in [3.05, 3.63) is 60.2 Å². The maximum absolute atomic E-state index is 13.0. The Morgan fingerprint density at radius 2 is 1.81 bits per heavy atom.